The van der Waals surface area contributed by atoms with E-state index in [-0.39, 0.29) is 0 Å². The number of hydrogen-bond donors (Lipinski definition) is 0. The van der Waals surface area contributed by atoms with E-state index in [2.05, 4.69) is 10.3 Å². The molecule has 3 nitrogen and oxygen atoms in total. The summed E-state index contributed by atoms with van der Waals surface area (Å²) in [6, 6.07) is 0. The summed E-state index contributed by atoms with van der Waals surface area (Å²) in [7, 11) is 0. The van der Waals surface area contributed by atoms with Gasteiger partial charge < -0.3 is 0 Å². The molecule has 0 amide bonds. The van der Waals surface area contributed by atoms with Crippen LogP contribution in [0, 0.1) is 5.95 Å². The minimum atomic E-state index is -0.430. The molecule has 1 aromatic heterocycles. The molecule has 0 aliphatic heterocycles. The topological polar surface area (TPSA) is 30.7 Å². The van der Waals surface area contributed by atoms with Crippen molar-refractivity contribution in [3.63, 3.8) is 0 Å². The van der Waals surface area contributed by atoms with Crippen molar-refractivity contribution in [1.82, 2.24) is 15.0 Å². The van der Waals surface area contributed by atoms with Crippen molar-refractivity contribution in [3.05, 3.63) is 11.6 Å². The van der Waals surface area contributed by atoms with Crippen LogP contribution in [0.4, 0.5) is 4.39 Å². The second kappa shape index (κ2) is 3.46. The molecule has 0 N–H and O–H groups in total. The lowest BCUT2D eigenvalue weighted by molar-refractivity contribution is 0.553. The number of aryl methyl sites for hydroxylation is 1. The van der Waals surface area contributed by atoms with E-state index in [9.17, 15) is 4.39 Å². The molecule has 0 bridgehead atoms. The average molecular weight is 157 g/mol. The van der Waals surface area contributed by atoms with Gasteiger partial charge in [-0.3, -0.25) is 0 Å². The standard InChI is InChI=1S/C7H12FN3/c1-3-5-11-6(4-2)7(8)9-10-11/h3-5H2,1-2H3. The first kappa shape index (κ1) is 8.17. The van der Waals surface area contributed by atoms with Gasteiger partial charge in [-0.25, -0.2) is 4.68 Å². The van der Waals surface area contributed by atoms with Gasteiger partial charge in [0, 0.05) is 6.54 Å². The van der Waals surface area contributed by atoms with Crippen LogP contribution in [-0.2, 0) is 13.0 Å². The molecule has 0 fully saturated rings. The van der Waals surface area contributed by atoms with Crippen LogP contribution < -0.4 is 0 Å². The van der Waals surface area contributed by atoms with Crippen LogP contribution in [0.2, 0.25) is 0 Å². The Hall–Kier alpha value is -0.930. The Morgan fingerprint density at radius 1 is 1.45 bits per heavy atom. The van der Waals surface area contributed by atoms with Crippen molar-refractivity contribution in [2.24, 2.45) is 0 Å². The van der Waals surface area contributed by atoms with Crippen LogP contribution in [0.25, 0.3) is 0 Å². The van der Waals surface area contributed by atoms with Gasteiger partial charge in [-0.2, -0.15) is 4.39 Å². The zero-order valence-electron chi connectivity index (χ0n) is 6.84. The van der Waals surface area contributed by atoms with Gasteiger partial charge in [0.15, 0.2) is 0 Å². The summed E-state index contributed by atoms with van der Waals surface area (Å²) in [4.78, 5) is 0. The van der Waals surface area contributed by atoms with Crippen molar-refractivity contribution in [2.45, 2.75) is 33.2 Å². The zero-order chi connectivity index (χ0) is 8.27. The van der Waals surface area contributed by atoms with E-state index >= 15 is 0 Å². The van der Waals surface area contributed by atoms with Crippen LogP contribution in [-0.4, -0.2) is 15.0 Å². The maximum atomic E-state index is 12.7. The lowest BCUT2D eigenvalue weighted by Gasteiger charge is -1.99. The summed E-state index contributed by atoms with van der Waals surface area (Å²) in [6.45, 7) is 4.67. The average Bonchev–Trinajstić information content (AvgIpc) is 2.33. The number of hydrogen-bond acceptors (Lipinski definition) is 2. The summed E-state index contributed by atoms with van der Waals surface area (Å²) in [5.41, 5.74) is 0.604. The lowest BCUT2D eigenvalue weighted by Crippen LogP contribution is -2.04. The summed E-state index contributed by atoms with van der Waals surface area (Å²) >= 11 is 0. The Kier molecular flexibility index (Phi) is 2.57. The number of nitrogens with zero attached hydrogens (tertiary/aromatic N) is 3. The van der Waals surface area contributed by atoms with Gasteiger partial charge in [-0.15, -0.1) is 0 Å². The van der Waals surface area contributed by atoms with Crippen LogP contribution in [0.5, 0.6) is 0 Å². The molecule has 1 aromatic rings. The molecule has 11 heavy (non-hydrogen) atoms. The highest BCUT2D eigenvalue weighted by Gasteiger charge is 2.08. The Morgan fingerprint density at radius 2 is 2.18 bits per heavy atom. The third-order valence-electron chi connectivity index (χ3n) is 1.56. The first-order chi connectivity index (χ1) is 5.29. The van der Waals surface area contributed by atoms with Crippen molar-refractivity contribution < 1.29 is 4.39 Å². The van der Waals surface area contributed by atoms with Crippen LogP contribution in [0.3, 0.4) is 0 Å². The SMILES string of the molecule is CCCn1nnc(F)c1CC. The Bertz CT molecular complexity index is 232. The van der Waals surface area contributed by atoms with E-state index in [0.29, 0.717) is 12.1 Å². The maximum absolute atomic E-state index is 12.7. The molecule has 0 unspecified atom stereocenters. The van der Waals surface area contributed by atoms with Gasteiger partial charge in [0.1, 0.15) is 0 Å². The molecule has 0 saturated carbocycles. The molecular weight excluding hydrogens is 145 g/mol. The van der Waals surface area contributed by atoms with E-state index in [1.165, 1.54) is 0 Å². The minimum Gasteiger partial charge on any atom is -0.246 e. The van der Waals surface area contributed by atoms with Crippen LogP contribution in [0.15, 0.2) is 0 Å². The monoisotopic (exact) mass is 157 g/mol. The fraction of sp³-hybridized carbons (Fsp3) is 0.714. The smallest absolute Gasteiger partial charge is 0.246 e. The number of halogens is 1. The molecule has 0 aliphatic rings. The number of rotatable bonds is 3. The second-order valence-electron chi connectivity index (χ2n) is 2.40. The van der Waals surface area contributed by atoms with Crippen molar-refractivity contribution in [2.75, 3.05) is 0 Å². The zero-order valence-corrected chi connectivity index (χ0v) is 6.84. The highest BCUT2D eigenvalue weighted by molar-refractivity contribution is 4.96. The maximum Gasteiger partial charge on any atom is 0.255 e. The van der Waals surface area contributed by atoms with E-state index in [4.69, 9.17) is 0 Å². The molecule has 62 valence electrons. The molecule has 0 aromatic carbocycles. The molecule has 0 saturated heterocycles. The largest absolute Gasteiger partial charge is 0.255 e. The Morgan fingerprint density at radius 3 is 2.73 bits per heavy atom. The van der Waals surface area contributed by atoms with Gasteiger partial charge in [0.05, 0.1) is 5.69 Å². The lowest BCUT2D eigenvalue weighted by atomic mass is 10.3. The predicted molar refractivity (Wildman–Crippen MR) is 39.6 cm³/mol. The highest BCUT2D eigenvalue weighted by atomic mass is 19.1. The fourth-order valence-electron chi connectivity index (χ4n) is 1.03. The van der Waals surface area contributed by atoms with Crippen molar-refractivity contribution >= 4 is 0 Å². The first-order valence-corrected chi connectivity index (χ1v) is 3.87. The Labute approximate surface area is 65.2 Å². The molecule has 0 aliphatic carbocycles. The summed E-state index contributed by atoms with van der Waals surface area (Å²) < 4.78 is 14.4. The summed E-state index contributed by atoms with van der Waals surface area (Å²) in [6.07, 6.45) is 1.61. The predicted octanol–water partition coefficient (Wildman–Crippen LogP) is 1.39. The van der Waals surface area contributed by atoms with Gasteiger partial charge >= 0.3 is 0 Å². The summed E-state index contributed by atoms with van der Waals surface area (Å²) in [5, 5.41) is 7.02. The van der Waals surface area contributed by atoms with Crippen LogP contribution in [0.1, 0.15) is 26.0 Å². The normalized spacial score (nSPS) is 10.5. The van der Waals surface area contributed by atoms with Crippen molar-refractivity contribution in [3.8, 4) is 0 Å². The third kappa shape index (κ3) is 1.56. The van der Waals surface area contributed by atoms with E-state index in [1.807, 2.05) is 13.8 Å². The molecule has 0 spiro atoms. The molecular formula is C7H12FN3. The van der Waals surface area contributed by atoms with E-state index in [0.717, 1.165) is 13.0 Å². The van der Waals surface area contributed by atoms with E-state index in [1.54, 1.807) is 4.68 Å². The molecule has 1 rings (SSSR count). The van der Waals surface area contributed by atoms with Crippen molar-refractivity contribution in [1.29, 1.82) is 0 Å². The van der Waals surface area contributed by atoms with E-state index < -0.39 is 5.95 Å². The molecule has 4 heteroatoms. The molecule has 0 atom stereocenters. The molecule has 1 heterocycles. The second-order valence-corrected chi connectivity index (χ2v) is 2.40. The van der Waals surface area contributed by atoms with Gasteiger partial charge in [0.2, 0.25) is 0 Å². The van der Waals surface area contributed by atoms with Crippen LogP contribution >= 0.6 is 0 Å². The number of aromatic nitrogens is 3. The van der Waals surface area contributed by atoms with Gasteiger partial charge in [0.25, 0.3) is 5.95 Å². The molecule has 0 radical (unpaired) electrons. The third-order valence-corrected chi connectivity index (χ3v) is 1.56. The fourth-order valence-corrected chi connectivity index (χ4v) is 1.03. The Balaban J connectivity index is 2.86. The summed E-state index contributed by atoms with van der Waals surface area (Å²) in [5.74, 6) is -0.430. The minimum absolute atomic E-state index is 0.430. The first-order valence-electron chi connectivity index (χ1n) is 3.87. The van der Waals surface area contributed by atoms with Gasteiger partial charge in [-0.1, -0.05) is 24.2 Å². The quantitative estimate of drug-likeness (QED) is 0.663. The highest BCUT2D eigenvalue weighted by Crippen LogP contribution is 2.04. The van der Waals surface area contributed by atoms with Gasteiger partial charge in [-0.05, 0) is 12.8 Å².